The fourth-order valence-corrected chi connectivity index (χ4v) is 5.10. The number of aromatic nitrogens is 1. The van der Waals surface area contributed by atoms with Crippen LogP contribution in [0.2, 0.25) is 0 Å². The highest BCUT2D eigenvalue weighted by Crippen LogP contribution is 2.32. The van der Waals surface area contributed by atoms with Crippen molar-refractivity contribution >= 4 is 54.6 Å². The average Bonchev–Trinajstić information content (AvgIpc) is 3.21. The van der Waals surface area contributed by atoms with Crippen LogP contribution in [0.5, 0.6) is 5.75 Å². The van der Waals surface area contributed by atoms with Gasteiger partial charge in [-0.3, -0.25) is 4.79 Å². The third kappa shape index (κ3) is 5.47. The van der Waals surface area contributed by atoms with Crippen molar-refractivity contribution < 1.29 is 13.9 Å². The van der Waals surface area contributed by atoms with Crippen molar-refractivity contribution in [3.05, 3.63) is 74.7 Å². The molecule has 1 heterocycles. The molecule has 33 heavy (non-hydrogen) atoms. The molecule has 1 aromatic heterocycles. The molecule has 1 atom stereocenters. The summed E-state index contributed by atoms with van der Waals surface area (Å²) in [6.07, 6.45) is 1.07. The Morgan fingerprint density at radius 1 is 1.15 bits per heavy atom. The minimum absolute atomic E-state index is 0.105. The fourth-order valence-electron chi connectivity index (χ4n) is 3.55. The van der Waals surface area contributed by atoms with Crippen molar-refractivity contribution in [2.24, 2.45) is 0 Å². The third-order valence-electron chi connectivity index (χ3n) is 5.53. The maximum Gasteiger partial charge on any atom is 0.262 e. The van der Waals surface area contributed by atoms with E-state index in [-0.39, 0.29) is 12.5 Å². The van der Waals surface area contributed by atoms with Crippen LogP contribution >= 0.6 is 31.9 Å². The van der Waals surface area contributed by atoms with Crippen molar-refractivity contribution in [3.63, 3.8) is 0 Å². The molecule has 4 aromatic rings. The van der Waals surface area contributed by atoms with Gasteiger partial charge in [0, 0.05) is 15.7 Å². The van der Waals surface area contributed by atoms with Crippen LogP contribution in [0, 0.1) is 6.92 Å². The summed E-state index contributed by atoms with van der Waals surface area (Å²) in [6, 6.07) is 17.4. The van der Waals surface area contributed by atoms with Gasteiger partial charge < -0.3 is 14.5 Å². The minimum Gasteiger partial charge on any atom is -0.482 e. The van der Waals surface area contributed by atoms with E-state index in [0.29, 0.717) is 23.2 Å². The van der Waals surface area contributed by atoms with Crippen molar-refractivity contribution in [2.75, 3.05) is 11.9 Å². The van der Waals surface area contributed by atoms with Gasteiger partial charge >= 0.3 is 0 Å². The van der Waals surface area contributed by atoms with Gasteiger partial charge in [0.15, 0.2) is 12.2 Å². The van der Waals surface area contributed by atoms with Crippen molar-refractivity contribution in [2.45, 2.75) is 33.1 Å². The molecule has 5 nitrogen and oxygen atoms in total. The highest BCUT2D eigenvalue weighted by atomic mass is 79.9. The summed E-state index contributed by atoms with van der Waals surface area (Å²) >= 11 is 6.92. The summed E-state index contributed by atoms with van der Waals surface area (Å²) < 4.78 is 13.4. The van der Waals surface area contributed by atoms with Gasteiger partial charge in [0.05, 0.1) is 4.47 Å². The average molecular weight is 572 g/mol. The molecule has 3 aromatic carbocycles. The standard InChI is InChI=1S/C26H24Br2N2O3/c1-4-15(2)17-8-9-23-22(12-17)30-26(33-23)18-6-5-7-20(11-18)29-24(31)14-32-25-16(3)10-19(27)13-21(25)28/h5-13,15H,4,14H2,1-3H3,(H,29,31)/t15-/m1/s1. The number of oxazole rings is 1. The minimum atomic E-state index is -0.253. The lowest BCUT2D eigenvalue weighted by Gasteiger charge is -2.12. The van der Waals surface area contributed by atoms with Crippen LogP contribution in [0.25, 0.3) is 22.6 Å². The number of nitrogens with one attached hydrogen (secondary N) is 1. The van der Waals surface area contributed by atoms with E-state index < -0.39 is 0 Å². The van der Waals surface area contributed by atoms with E-state index in [9.17, 15) is 4.79 Å². The molecule has 1 amide bonds. The summed E-state index contributed by atoms with van der Waals surface area (Å²) in [5, 5.41) is 2.88. The second kappa shape index (κ2) is 10.1. The van der Waals surface area contributed by atoms with Crippen LogP contribution in [0.15, 0.2) is 68.0 Å². The monoisotopic (exact) mass is 570 g/mol. The lowest BCUT2D eigenvalue weighted by atomic mass is 9.98. The van der Waals surface area contributed by atoms with Gasteiger partial charge in [-0.15, -0.1) is 0 Å². The van der Waals surface area contributed by atoms with Gasteiger partial charge in [0.2, 0.25) is 5.89 Å². The number of carbonyl (C=O) groups excluding carboxylic acids is 1. The van der Waals surface area contributed by atoms with Gasteiger partial charge in [0.1, 0.15) is 11.3 Å². The highest BCUT2D eigenvalue weighted by Gasteiger charge is 2.13. The Hall–Kier alpha value is -2.64. The Morgan fingerprint density at radius 3 is 2.73 bits per heavy atom. The smallest absolute Gasteiger partial charge is 0.262 e. The summed E-state index contributed by atoms with van der Waals surface area (Å²) in [6.45, 7) is 6.20. The molecule has 0 bridgehead atoms. The third-order valence-corrected chi connectivity index (χ3v) is 6.57. The van der Waals surface area contributed by atoms with E-state index in [1.54, 1.807) is 0 Å². The number of hydrogen-bond donors (Lipinski definition) is 1. The summed E-state index contributed by atoms with van der Waals surface area (Å²) in [4.78, 5) is 17.2. The first-order valence-corrected chi connectivity index (χ1v) is 12.3. The Morgan fingerprint density at radius 2 is 1.97 bits per heavy atom. The van der Waals surface area contributed by atoms with Gasteiger partial charge in [-0.25, -0.2) is 4.98 Å². The molecule has 0 saturated heterocycles. The highest BCUT2D eigenvalue weighted by molar-refractivity contribution is 9.11. The SMILES string of the molecule is CC[C@@H](C)c1ccc2oc(-c3cccc(NC(=O)COc4c(C)cc(Br)cc4Br)c3)nc2c1. The number of benzene rings is 3. The molecule has 0 aliphatic carbocycles. The van der Waals surface area contributed by atoms with E-state index in [4.69, 9.17) is 9.15 Å². The molecule has 0 saturated carbocycles. The van der Waals surface area contributed by atoms with E-state index >= 15 is 0 Å². The predicted molar refractivity (Wildman–Crippen MR) is 139 cm³/mol. The number of carbonyl (C=O) groups is 1. The van der Waals surface area contributed by atoms with Gasteiger partial charge in [0.25, 0.3) is 5.91 Å². The molecular formula is C26H24Br2N2O3. The molecule has 1 N–H and O–H groups in total. The normalized spacial score (nSPS) is 12.0. The Kier molecular flexibility index (Phi) is 7.20. The maximum absolute atomic E-state index is 12.5. The first kappa shape index (κ1) is 23.5. The second-order valence-corrected chi connectivity index (χ2v) is 9.78. The van der Waals surface area contributed by atoms with E-state index in [0.717, 1.165) is 37.6 Å². The quantitative estimate of drug-likeness (QED) is 0.245. The van der Waals surface area contributed by atoms with Gasteiger partial charge in [-0.2, -0.15) is 0 Å². The van der Waals surface area contributed by atoms with Crippen molar-refractivity contribution in [3.8, 4) is 17.2 Å². The number of aryl methyl sites for hydroxylation is 1. The Labute approximate surface area is 209 Å². The van der Waals surface area contributed by atoms with Crippen LogP contribution in [-0.2, 0) is 4.79 Å². The van der Waals surface area contributed by atoms with Crippen LogP contribution in [0.3, 0.4) is 0 Å². The molecule has 7 heteroatoms. The zero-order valence-electron chi connectivity index (χ0n) is 18.6. The van der Waals surface area contributed by atoms with Gasteiger partial charge in [-0.05, 0) is 88.8 Å². The number of rotatable bonds is 7. The summed E-state index contributed by atoms with van der Waals surface area (Å²) in [7, 11) is 0. The molecule has 4 rings (SSSR count). The molecule has 0 spiro atoms. The topological polar surface area (TPSA) is 64.4 Å². The molecule has 0 aliphatic rings. The number of amides is 1. The number of nitrogens with zero attached hydrogens (tertiary/aromatic N) is 1. The first-order chi connectivity index (χ1) is 15.8. The maximum atomic E-state index is 12.5. The van der Waals surface area contributed by atoms with Crippen LogP contribution in [-0.4, -0.2) is 17.5 Å². The lowest BCUT2D eigenvalue weighted by molar-refractivity contribution is -0.118. The summed E-state index contributed by atoms with van der Waals surface area (Å²) in [5.74, 6) is 1.38. The van der Waals surface area contributed by atoms with E-state index in [1.807, 2.05) is 49.4 Å². The number of fused-ring (bicyclic) bond motifs is 1. The number of anilines is 1. The molecule has 0 radical (unpaired) electrons. The Bertz CT molecular complexity index is 1290. The van der Waals surface area contributed by atoms with Gasteiger partial charge in [-0.1, -0.05) is 41.9 Å². The second-order valence-electron chi connectivity index (χ2n) is 8.01. The zero-order chi connectivity index (χ0) is 23.5. The van der Waals surface area contributed by atoms with Crippen molar-refractivity contribution in [1.29, 1.82) is 0 Å². The predicted octanol–water partition coefficient (Wildman–Crippen LogP) is 7.86. The number of ether oxygens (including phenoxy) is 1. The Balaban J connectivity index is 1.47. The molecule has 170 valence electrons. The molecule has 0 unspecified atom stereocenters. The molecule has 0 fully saturated rings. The number of hydrogen-bond acceptors (Lipinski definition) is 4. The van der Waals surface area contributed by atoms with E-state index in [2.05, 4.69) is 68.1 Å². The lowest BCUT2D eigenvalue weighted by Crippen LogP contribution is -2.20. The fraction of sp³-hybridized carbons (Fsp3) is 0.231. The largest absolute Gasteiger partial charge is 0.482 e. The number of halogens is 2. The first-order valence-electron chi connectivity index (χ1n) is 10.7. The van der Waals surface area contributed by atoms with E-state index in [1.165, 1.54) is 5.56 Å². The molecular weight excluding hydrogens is 548 g/mol. The molecule has 0 aliphatic heterocycles. The van der Waals surface area contributed by atoms with Crippen LogP contribution in [0.4, 0.5) is 5.69 Å². The van der Waals surface area contributed by atoms with Crippen molar-refractivity contribution in [1.82, 2.24) is 4.98 Å². The summed E-state index contributed by atoms with van der Waals surface area (Å²) in [5.41, 5.74) is 5.20. The van der Waals surface area contributed by atoms with Crippen LogP contribution in [0.1, 0.15) is 37.3 Å². The van der Waals surface area contributed by atoms with Crippen LogP contribution < -0.4 is 10.1 Å². The zero-order valence-corrected chi connectivity index (χ0v) is 21.8.